The standard InChI is InChI=1S/C10H18N2/c1-5-9-10(6-2)12(7-3)8(4)11-9/h5-7H2,1-4H3/p+1. The number of hydrogen-bond donors (Lipinski definition) is 1. The van der Waals surface area contributed by atoms with Crippen LogP contribution in [0.2, 0.25) is 0 Å². The molecule has 0 atom stereocenters. The van der Waals surface area contributed by atoms with E-state index in [1.807, 2.05) is 0 Å². The summed E-state index contributed by atoms with van der Waals surface area (Å²) < 4.78 is 2.36. The molecule has 0 aliphatic rings. The van der Waals surface area contributed by atoms with Gasteiger partial charge < -0.3 is 0 Å². The minimum absolute atomic E-state index is 1.07. The highest BCUT2D eigenvalue weighted by Gasteiger charge is 2.16. The molecule has 68 valence electrons. The fourth-order valence-corrected chi connectivity index (χ4v) is 1.85. The van der Waals surface area contributed by atoms with Crippen molar-refractivity contribution in [2.45, 2.75) is 47.1 Å². The van der Waals surface area contributed by atoms with E-state index in [9.17, 15) is 0 Å². The molecule has 0 unspecified atom stereocenters. The SMILES string of the molecule is CCc1[nH]c(C)[n+](CC)c1CC. The van der Waals surface area contributed by atoms with Gasteiger partial charge in [0.15, 0.2) is 0 Å². The molecular formula is C10H19N2+. The van der Waals surface area contributed by atoms with Crippen LogP contribution in [-0.4, -0.2) is 4.98 Å². The third-order valence-electron chi connectivity index (χ3n) is 2.42. The molecule has 0 aromatic carbocycles. The Morgan fingerprint density at radius 1 is 1.17 bits per heavy atom. The summed E-state index contributed by atoms with van der Waals surface area (Å²) in [4.78, 5) is 3.43. The normalized spacial score (nSPS) is 10.7. The molecule has 1 N–H and O–H groups in total. The molecule has 0 radical (unpaired) electrons. The lowest BCUT2D eigenvalue weighted by Crippen LogP contribution is -2.37. The maximum atomic E-state index is 3.43. The van der Waals surface area contributed by atoms with Crippen LogP contribution in [0.5, 0.6) is 0 Å². The first-order valence-electron chi connectivity index (χ1n) is 4.84. The summed E-state index contributed by atoms with van der Waals surface area (Å²) in [6, 6.07) is 0. The van der Waals surface area contributed by atoms with Crippen molar-refractivity contribution < 1.29 is 4.57 Å². The molecule has 1 aromatic heterocycles. The zero-order chi connectivity index (χ0) is 9.14. The van der Waals surface area contributed by atoms with E-state index in [-0.39, 0.29) is 0 Å². The Kier molecular flexibility index (Phi) is 2.90. The van der Waals surface area contributed by atoms with E-state index in [2.05, 4.69) is 37.2 Å². The molecular weight excluding hydrogens is 148 g/mol. The largest absolute Gasteiger partial charge is 0.251 e. The molecule has 0 amide bonds. The fourth-order valence-electron chi connectivity index (χ4n) is 1.85. The number of aromatic amines is 1. The van der Waals surface area contributed by atoms with Crippen molar-refractivity contribution >= 4 is 0 Å². The highest BCUT2D eigenvalue weighted by molar-refractivity contribution is 5.07. The molecule has 0 aliphatic carbocycles. The van der Waals surface area contributed by atoms with E-state index in [1.54, 1.807) is 0 Å². The molecule has 0 saturated heterocycles. The third kappa shape index (κ3) is 1.38. The molecule has 0 aliphatic heterocycles. The van der Waals surface area contributed by atoms with Gasteiger partial charge in [-0.05, 0) is 6.92 Å². The number of imidazole rings is 1. The molecule has 0 fully saturated rings. The third-order valence-corrected chi connectivity index (χ3v) is 2.42. The summed E-state index contributed by atoms with van der Waals surface area (Å²) in [7, 11) is 0. The van der Waals surface area contributed by atoms with Crippen molar-refractivity contribution in [3.63, 3.8) is 0 Å². The van der Waals surface area contributed by atoms with Crippen LogP contribution >= 0.6 is 0 Å². The number of aromatic nitrogens is 2. The Balaban J connectivity index is 3.16. The number of nitrogens with zero attached hydrogens (tertiary/aromatic N) is 1. The number of H-pyrrole nitrogens is 1. The van der Waals surface area contributed by atoms with Crippen LogP contribution in [-0.2, 0) is 19.4 Å². The van der Waals surface area contributed by atoms with E-state index < -0.39 is 0 Å². The van der Waals surface area contributed by atoms with E-state index >= 15 is 0 Å². The lowest BCUT2D eigenvalue weighted by atomic mass is 10.2. The monoisotopic (exact) mass is 167 g/mol. The first-order chi connectivity index (χ1) is 5.74. The van der Waals surface area contributed by atoms with Crippen LogP contribution in [0.1, 0.15) is 38.0 Å². The average molecular weight is 167 g/mol. The van der Waals surface area contributed by atoms with Gasteiger partial charge in [0, 0.05) is 19.8 Å². The minimum Gasteiger partial charge on any atom is -0.245 e. The van der Waals surface area contributed by atoms with Gasteiger partial charge in [0.1, 0.15) is 11.4 Å². The van der Waals surface area contributed by atoms with E-state index in [0.717, 1.165) is 19.4 Å². The summed E-state index contributed by atoms with van der Waals surface area (Å²) >= 11 is 0. The first-order valence-corrected chi connectivity index (χ1v) is 4.84. The molecule has 2 heteroatoms. The van der Waals surface area contributed by atoms with Crippen LogP contribution in [0.25, 0.3) is 0 Å². The van der Waals surface area contributed by atoms with Gasteiger partial charge in [0.2, 0.25) is 0 Å². The molecule has 0 spiro atoms. The van der Waals surface area contributed by atoms with Crippen molar-refractivity contribution in [1.82, 2.24) is 4.98 Å². The molecule has 0 saturated carbocycles. The lowest BCUT2D eigenvalue weighted by Gasteiger charge is -1.97. The Labute approximate surface area is 74.6 Å². The number of aryl methyl sites for hydroxylation is 2. The van der Waals surface area contributed by atoms with Crippen molar-refractivity contribution in [3.05, 3.63) is 17.2 Å². The maximum absolute atomic E-state index is 3.43. The van der Waals surface area contributed by atoms with Gasteiger partial charge in [-0.3, -0.25) is 0 Å². The zero-order valence-electron chi connectivity index (χ0n) is 8.57. The highest BCUT2D eigenvalue weighted by atomic mass is 15.1. The zero-order valence-corrected chi connectivity index (χ0v) is 8.57. The van der Waals surface area contributed by atoms with Gasteiger partial charge >= 0.3 is 0 Å². The average Bonchev–Trinajstić information content (AvgIpc) is 2.40. The molecule has 0 bridgehead atoms. The summed E-state index contributed by atoms with van der Waals surface area (Å²) in [5.41, 5.74) is 2.87. The predicted octanol–water partition coefficient (Wildman–Crippen LogP) is 1.76. The Morgan fingerprint density at radius 3 is 2.25 bits per heavy atom. The number of hydrogen-bond acceptors (Lipinski definition) is 0. The van der Waals surface area contributed by atoms with Crippen molar-refractivity contribution in [1.29, 1.82) is 0 Å². The second-order valence-corrected chi connectivity index (χ2v) is 3.09. The fraction of sp³-hybridized carbons (Fsp3) is 0.700. The van der Waals surface area contributed by atoms with E-state index in [0.29, 0.717) is 0 Å². The van der Waals surface area contributed by atoms with E-state index in [4.69, 9.17) is 0 Å². The first kappa shape index (κ1) is 9.30. The van der Waals surface area contributed by atoms with Crippen LogP contribution in [0.15, 0.2) is 0 Å². The summed E-state index contributed by atoms with van der Waals surface area (Å²) in [6.45, 7) is 9.82. The molecule has 1 heterocycles. The van der Waals surface area contributed by atoms with Gasteiger partial charge in [-0.1, -0.05) is 13.8 Å². The highest BCUT2D eigenvalue weighted by Crippen LogP contribution is 2.05. The Morgan fingerprint density at radius 2 is 1.83 bits per heavy atom. The van der Waals surface area contributed by atoms with Crippen LogP contribution in [0.4, 0.5) is 0 Å². The van der Waals surface area contributed by atoms with Crippen LogP contribution in [0, 0.1) is 6.92 Å². The topological polar surface area (TPSA) is 19.7 Å². The second-order valence-electron chi connectivity index (χ2n) is 3.09. The number of rotatable bonds is 3. The molecule has 1 aromatic rings. The summed E-state index contributed by atoms with van der Waals surface area (Å²) in [6.07, 6.45) is 2.23. The molecule has 12 heavy (non-hydrogen) atoms. The molecule has 1 rings (SSSR count). The van der Waals surface area contributed by atoms with Gasteiger partial charge in [0.05, 0.1) is 6.54 Å². The van der Waals surface area contributed by atoms with Crippen LogP contribution < -0.4 is 4.57 Å². The predicted molar refractivity (Wildman–Crippen MR) is 50.2 cm³/mol. The van der Waals surface area contributed by atoms with Crippen molar-refractivity contribution in [3.8, 4) is 0 Å². The lowest BCUT2D eigenvalue weighted by molar-refractivity contribution is -0.705. The minimum atomic E-state index is 1.07. The molecule has 2 nitrogen and oxygen atoms in total. The number of nitrogens with one attached hydrogen (secondary N) is 1. The smallest absolute Gasteiger partial charge is 0.245 e. The van der Waals surface area contributed by atoms with Crippen molar-refractivity contribution in [2.75, 3.05) is 0 Å². The van der Waals surface area contributed by atoms with Crippen molar-refractivity contribution in [2.24, 2.45) is 0 Å². The summed E-state index contributed by atoms with van der Waals surface area (Å²) in [5, 5.41) is 0. The second kappa shape index (κ2) is 3.74. The van der Waals surface area contributed by atoms with Gasteiger partial charge in [-0.25, -0.2) is 9.55 Å². The quantitative estimate of drug-likeness (QED) is 0.662. The maximum Gasteiger partial charge on any atom is 0.251 e. The van der Waals surface area contributed by atoms with Crippen LogP contribution in [0.3, 0.4) is 0 Å². The van der Waals surface area contributed by atoms with Gasteiger partial charge in [0.25, 0.3) is 5.82 Å². The summed E-state index contributed by atoms with van der Waals surface area (Å²) in [5.74, 6) is 1.28. The Hall–Kier alpha value is -0.790. The Bertz CT molecular complexity index is 261. The van der Waals surface area contributed by atoms with Gasteiger partial charge in [-0.2, -0.15) is 0 Å². The van der Waals surface area contributed by atoms with Gasteiger partial charge in [-0.15, -0.1) is 0 Å². The van der Waals surface area contributed by atoms with E-state index in [1.165, 1.54) is 17.2 Å².